The molecule has 0 aliphatic carbocycles. The molecule has 2 fully saturated rings. The number of hydrogen-bond acceptors (Lipinski definition) is 14. The maximum absolute atomic E-state index is 11.6. The van der Waals surface area contributed by atoms with Crippen molar-refractivity contribution in [1.82, 2.24) is 19.1 Å². The molecule has 4 aromatic rings. The molecule has 7 rings (SSSR count). The number of para-hydroxylation sites is 2. The third kappa shape index (κ3) is 11.9. The van der Waals surface area contributed by atoms with Crippen molar-refractivity contribution >= 4 is 12.6 Å². The van der Waals surface area contributed by atoms with Gasteiger partial charge in [0.25, 0.3) is 17.6 Å². The van der Waals surface area contributed by atoms with Crippen molar-refractivity contribution in [3.8, 4) is 17.5 Å². The predicted molar refractivity (Wildman–Crippen MR) is 184 cm³/mol. The second kappa shape index (κ2) is 21.3. The number of nitrogens with one attached hydrogen (secondary N) is 1. The van der Waals surface area contributed by atoms with E-state index >= 15 is 0 Å². The summed E-state index contributed by atoms with van der Waals surface area (Å²) >= 11 is 0. The quantitative estimate of drug-likeness (QED) is 0.0639. The van der Waals surface area contributed by atoms with Gasteiger partial charge in [0, 0.05) is 36.4 Å². The van der Waals surface area contributed by atoms with E-state index in [9.17, 15) is 24.3 Å². The Kier molecular flexibility index (Phi) is 17.3. The van der Waals surface area contributed by atoms with E-state index in [2.05, 4.69) is 21.8 Å². The van der Waals surface area contributed by atoms with Crippen molar-refractivity contribution < 1.29 is 78.1 Å². The van der Waals surface area contributed by atoms with Gasteiger partial charge in [-0.3, -0.25) is 28.5 Å². The summed E-state index contributed by atoms with van der Waals surface area (Å²) in [6.07, 6.45) is 4.29. The number of aliphatic hydroxyl groups excluding tert-OH is 1. The van der Waals surface area contributed by atoms with E-state index in [0.29, 0.717) is 35.1 Å². The molecule has 6 atom stereocenters. The number of aryl methyl sites for hydroxylation is 2. The molecule has 2 saturated heterocycles. The molecule has 5 heterocycles. The van der Waals surface area contributed by atoms with Crippen LogP contribution in [0.5, 0.6) is 17.5 Å². The zero-order valence-corrected chi connectivity index (χ0v) is 32.5. The Hall–Kier alpha value is -4.62. The van der Waals surface area contributed by atoms with Gasteiger partial charge in [0.2, 0.25) is 0 Å². The number of aliphatic hydroxyl groups is 1. The number of hydrogen-bond donors (Lipinski definition) is 2. The van der Waals surface area contributed by atoms with Gasteiger partial charge in [-0.25, -0.2) is 9.59 Å². The van der Waals surface area contributed by atoms with Crippen LogP contribution in [0.15, 0.2) is 87.4 Å². The first kappa shape index (κ1) is 43.8. The second-order valence-corrected chi connectivity index (χ2v) is 12.0. The van der Waals surface area contributed by atoms with Crippen LogP contribution < -0.4 is 65.8 Å². The van der Waals surface area contributed by atoms with E-state index in [1.165, 1.54) is 10.8 Å². The summed E-state index contributed by atoms with van der Waals surface area (Å²) in [6.45, 7) is 7.23. The average molecular weight is 761 g/mol. The fourth-order valence-electron chi connectivity index (χ4n) is 5.50. The Labute approximate surface area is 331 Å². The van der Waals surface area contributed by atoms with Crippen molar-refractivity contribution in [1.29, 1.82) is 0 Å². The van der Waals surface area contributed by atoms with E-state index in [-0.39, 0.29) is 66.1 Å². The van der Waals surface area contributed by atoms with E-state index in [4.69, 9.17) is 33.7 Å². The van der Waals surface area contributed by atoms with Crippen molar-refractivity contribution in [3.05, 3.63) is 115 Å². The van der Waals surface area contributed by atoms with Crippen LogP contribution in [0.2, 0.25) is 0 Å². The van der Waals surface area contributed by atoms with Gasteiger partial charge in [0.05, 0.1) is 12.2 Å². The summed E-state index contributed by atoms with van der Waals surface area (Å²) in [7, 11) is 0. The fraction of sp³-hybridized carbons (Fsp3) is 0.389. The Morgan fingerprint density at radius 3 is 1.93 bits per heavy atom. The van der Waals surface area contributed by atoms with Crippen LogP contribution in [-0.4, -0.2) is 61.3 Å². The number of nitrogens with zero attached hydrogens (tertiary/aromatic N) is 3. The van der Waals surface area contributed by atoms with Gasteiger partial charge in [0.1, 0.15) is 23.7 Å². The third-order valence-electron chi connectivity index (χ3n) is 8.19. The van der Waals surface area contributed by atoms with Gasteiger partial charge in [-0.2, -0.15) is 4.98 Å². The van der Waals surface area contributed by atoms with E-state index in [1.807, 2.05) is 23.6 Å². The first-order valence-corrected chi connectivity index (χ1v) is 16.8. The minimum Gasteiger partial charge on any atom is -0.662 e. The maximum Gasteiger partial charge on any atom is 1.00 e. The molecular formula is C36H41N4NaO13. The van der Waals surface area contributed by atoms with Gasteiger partial charge in [-0.15, -0.1) is 0 Å². The molecule has 0 spiro atoms. The van der Waals surface area contributed by atoms with Crippen LogP contribution in [0.4, 0.5) is 4.79 Å². The van der Waals surface area contributed by atoms with Crippen LogP contribution in [0.1, 0.15) is 63.1 Å². The Bertz CT molecular complexity index is 1930. The number of carbonyl (C=O) groups is 2. The first-order valence-electron chi connectivity index (χ1n) is 16.8. The van der Waals surface area contributed by atoms with Crippen LogP contribution >= 0.6 is 0 Å². The third-order valence-corrected chi connectivity index (χ3v) is 8.19. The van der Waals surface area contributed by atoms with E-state index < -0.39 is 29.7 Å². The molecular weight excluding hydrogens is 719 g/mol. The summed E-state index contributed by atoms with van der Waals surface area (Å²) < 4.78 is 30.0. The summed E-state index contributed by atoms with van der Waals surface area (Å²) in [6, 6.07) is 18.0. The van der Waals surface area contributed by atoms with E-state index in [0.717, 1.165) is 19.3 Å². The molecule has 0 amide bonds. The van der Waals surface area contributed by atoms with Crippen molar-refractivity contribution in [2.75, 3.05) is 0 Å². The molecule has 2 N–H and O–H groups in total. The van der Waals surface area contributed by atoms with Gasteiger partial charge in [-0.05, 0) is 51.0 Å². The molecule has 2 aromatic carbocycles. The normalized spacial score (nSPS) is 21.4. The molecule has 0 radical (unpaired) electrons. The zero-order valence-electron chi connectivity index (χ0n) is 30.5. The number of aromatic nitrogens is 4. The summed E-state index contributed by atoms with van der Waals surface area (Å²) in [4.78, 5) is 62.9. The molecule has 0 bridgehead atoms. The Balaban J connectivity index is 0.000000205. The Morgan fingerprint density at radius 1 is 0.889 bits per heavy atom. The SMILES string of the molecule is CC[C@@H]1C[C@H](O)[C@H](n2cc(C)c(=O)[nH]c2=O)O1.CC[C@@H]1C[C@H]2Oc3nc(=O)c(C)cn3[C@@H]2O1.O=C(Oc1ccccc1)Oc1ccccc1.O=CO[O-].[Na+]. The summed E-state index contributed by atoms with van der Waals surface area (Å²) in [5.41, 5.74) is -0.151. The standard InChI is InChI=1S/C13H10O3.C11H16N2O4.C11H14N2O3.CH2O3.Na/c14-13(15-11-7-3-1-4-8-11)16-12-9-5-2-6-10-12;1-3-7-4-8(14)10(17-7)13-5-6(2)9(15)12-11(13)16;1-3-7-4-8-10(15-7)13-5-6(2)9(14)12-11(13)16-8;2-1-4-3;/h1-10H;5,7-8,10,14H,3-4H2,1-2H3,(H,12,15,16);5,7-8,10H,3-4H2,1-2H3;1,3H;/q;;;;+1/p-1/t;7-,8+,10-;7-,8-,10-;;/m.11../s1. The fourth-order valence-corrected chi connectivity index (χ4v) is 5.50. The molecule has 284 valence electrons. The molecule has 54 heavy (non-hydrogen) atoms. The van der Waals surface area contributed by atoms with Gasteiger partial charge < -0.3 is 38.9 Å². The van der Waals surface area contributed by atoms with Gasteiger partial charge >= 0.3 is 47.4 Å². The molecule has 3 aliphatic rings. The minimum absolute atomic E-state index is 0. The smallest absolute Gasteiger partial charge is 0.662 e. The maximum atomic E-state index is 11.6. The number of ether oxygens (including phenoxy) is 5. The van der Waals surface area contributed by atoms with Crippen LogP contribution in [0.25, 0.3) is 0 Å². The molecule has 0 saturated carbocycles. The van der Waals surface area contributed by atoms with Gasteiger partial charge in [-0.1, -0.05) is 50.2 Å². The summed E-state index contributed by atoms with van der Waals surface area (Å²) in [5, 5.41) is 18.3. The minimum atomic E-state index is -0.739. The zero-order chi connectivity index (χ0) is 38.5. The largest absolute Gasteiger partial charge is 1.00 e. The first-order chi connectivity index (χ1) is 25.5. The number of rotatable bonds is 6. The second-order valence-electron chi connectivity index (χ2n) is 12.0. The summed E-state index contributed by atoms with van der Waals surface area (Å²) in [5.74, 6) is 0.923. The monoisotopic (exact) mass is 760 g/mol. The van der Waals surface area contributed by atoms with Gasteiger partial charge in [0.15, 0.2) is 12.5 Å². The van der Waals surface area contributed by atoms with Crippen molar-refractivity contribution in [3.63, 3.8) is 0 Å². The molecule has 18 heteroatoms. The van der Waals surface area contributed by atoms with Crippen LogP contribution in [0, 0.1) is 13.8 Å². The number of benzene rings is 2. The molecule has 17 nitrogen and oxygen atoms in total. The van der Waals surface area contributed by atoms with Crippen LogP contribution in [-0.2, 0) is 19.2 Å². The van der Waals surface area contributed by atoms with Crippen molar-refractivity contribution in [2.24, 2.45) is 0 Å². The molecule has 0 unspecified atom stereocenters. The number of aromatic amines is 1. The molecule has 2 aromatic heterocycles. The van der Waals surface area contributed by atoms with Crippen LogP contribution in [0.3, 0.4) is 0 Å². The number of H-pyrrole nitrogens is 1. The predicted octanol–water partition coefficient (Wildman–Crippen LogP) is -0.383. The van der Waals surface area contributed by atoms with E-state index in [1.54, 1.807) is 68.6 Å². The topological polar surface area (TPSA) is 223 Å². The van der Waals surface area contributed by atoms with Crippen molar-refractivity contribution in [2.45, 2.75) is 90.2 Å². The number of carbonyl (C=O) groups excluding carboxylic acids is 2. The average Bonchev–Trinajstić information content (AvgIpc) is 3.84. The molecule has 3 aliphatic heterocycles. The Morgan fingerprint density at radius 2 is 1.41 bits per heavy atom. The number of fused-ring (bicyclic) bond motifs is 3.